The van der Waals surface area contributed by atoms with Crippen LogP contribution >= 0.6 is 0 Å². The van der Waals surface area contributed by atoms with Crippen LogP contribution in [0.4, 0.5) is 0 Å². The summed E-state index contributed by atoms with van der Waals surface area (Å²) in [6.07, 6.45) is 9.33. The lowest BCUT2D eigenvalue weighted by molar-refractivity contribution is 0.0949. The molecule has 0 fully saturated rings. The highest BCUT2D eigenvalue weighted by Gasteiger charge is 2.04. The van der Waals surface area contributed by atoms with Crippen molar-refractivity contribution in [3.05, 3.63) is 54.1 Å². The summed E-state index contributed by atoms with van der Waals surface area (Å²) in [7, 11) is 0. The van der Waals surface area contributed by atoms with Crippen LogP contribution in [0, 0.1) is 0 Å². The molecule has 0 spiro atoms. The monoisotopic (exact) mass is 312 g/mol. The van der Waals surface area contributed by atoms with E-state index in [4.69, 9.17) is 4.74 Å². The second kappa shape index (κ2) is 9.30. The number of carbonyl (C=O) groups excluding carboxylic acids is 1. The zero-order valence-electron chi connectivity index (χ0n) is 13.1. The quantitative estimate of drug-likeness (QED) is 0.462. The van der Waals surface area contributed by atoms with Gasteiger partial charge >= 0.3 is 0 Å². The highest BCUT2D eigenvalue weighted by Crippen LogP contribution is 2.11. The molecular weight excluding hydrogens is 292 g/mol. The van der Waals surface area contributed by atoms with Crippen molar-refractivity contribution in [3.63, 3.8) is 0 Å². The van der Waals surface area contributed by atoms with E-state index in [0.29, 0.717) is 0 Å². The molecule has 1 N–H and O–H groups in total. The van der Waals surface area contributed by atoms with E-state index >= 15 is 0 Å². The fraction of sp³-hybridized carbons (Fsp3) is 0.294. The van der Waals surface area contributed by atoms with Gasteiger partial charge in [0.2, 0.25) is 0 Å². The lowest BCUT2D eigenvalue weighted by Crippen LogP contribution is -2.19. The molecule has 0 aliphatic carbocycles. The van der Waals surface area contributed by atoms with E-state index in [1.54, 1.807) is 6.21 Å². The molecule has 2 aromatic rings. The molecule has 0 atom stereocenters. The van der Waals surface area contributed by atoms with Crippen LogP contribution in [0.25, 0.3) is 0 Å². The molecule has 1 aromatic carbocycles. The van der Waals surface area contributed by atoms with Crippen LogP contribution < -0.4 is 10.2 Å². The third-order valence-corrected chi connectivity index (χ3v) is 3.07. The molecule has 0 aliphatic rings. The van der Waals surface area contributed by atoms with Crippen LogP contribution in [0.15, 0.2) is 48.0 Å². The summed E-state index contributed by atoms with van der Waals surface area (Å²) in [6, 6.07) is 7.54. The first-order chi connectivity index (χ1) is 11.3. The SMILES string of the molecule is CCCCCOc1ccc(/C=N/NC(=O)c2cnccn2)cc1. The van der Waals surface area contributed by atoms with Gasteiger partial charge in [-0.05, 0) is 36.2 Å². The number of carbonyl (C=O) groups is 1. The van der Waals surface area contributed by atoms with Gasteiger partial charge in [-0.2, -0.15) is 5.10 Å². The topological polar surface area (TPSA) is 76.5 Å². The molecule has 1 heterocycles. The maximum absolute atomic E-state index is 11.7. The van der Waals surface area contributed by atoms with Gasteiger partial charge in [-0.3, -0.25) is 9.78 Å². The number of hydrazone groups is 1. The molecule has 1 amide bonds. The second-order valence-corrected chi connectivity index (χ2v) is 4.91. The molecule has 6 heteroatoms. The van der Waals surface area contributed by atoms with Gasteiger partial charge in [0.1, 0.15) is 11.4 Å². The van der Waals surface area contributed by atoms with E-state index in [9.17, 15) is 4.79 Å². The molecule has 0 bridgehead atoms. The summed E-state index contributed by atoms with van der Waals surface area (Å²) in [5.74, 6) is 0.437. The number of nitrogens with zero attached hydrogens (tertiary/aromatic N) is 3. The zero-order valence-corrected chi connectivity index (χ0v) is 13.1. The first-order valence-electron chi connectivity index (χ1n) is 7.62. The molecule has 0 radical (unpaired) electrons. The summed E-state index contributed by atoms with van der Waals surface area (Å²) in [5.41, 5.74) is 3.50. The normalized spacial score (nSPS) is 10.7. The Morgan fingerprint density at radius 2 is 2.09 bits per heavy atom. The van der Waals surface area contributed by atoms with Crippen molar-refractivity contribution in [2.75, 3.05) is 6.61 Å². The van der Waals surface area contributed by atoms with Gasteiger partial charge in [-0.1, -0.05) is 19.8 Å². The van der Waals surface area contributed by atoms with Crippen LogP contribution in [0.2, 0.25) is 0 Å². The maximum atomic E-state index is 11.7. The van der Waals surface area contributed by atoms with Crippen LogP contribution in [0.1, 0.15) is 42.2 Å². The number of rotatable bonds is 8. The Balaban J connectivity index is 1.80. The first kappa shape index (κ1) is 16.6. The molecule has 23 heavy (non-hydrogen) atoms. The highest BCUT2D eigenvalue weighted by atomic mass is 16.5. The molecule has 2 rings (SSSR count). The molecule has 1 aromatic heterocycles. The number of benzene rings is 1. The van der Waals surface area contributed by atoms with Crippen molar-refractivity contribution in [3.8, 4) is 5.75 Å². The van der Waals surface area contributed by atoms with Crippen molar-refractivity contribution in [1.82, 2.24) is 15.4 Å². The van der Waals surface area contributed by atoms with E-state index in [1.165, 1.54) is 31.4 Å². The largest absolute Gasteiger partial charge is 0.494 e. The molecule has 120 valence electrons. The molecule has 6 nitrogen and oxygen atoms in total. The number of nitrogens with one attached hydrogen (secondary N) is 1. The number of hydrogen-bond donors (Lipinski definition) is 1. The molecule has 0 saturated carbocycles. The van der Waals surface area contributed by atoms with Gasteiger partial charge in [0.25, 0.3) is 5.91 Å². The van der Waals surface area contributed by atoms with Crippen LogP contribution in [-0.4, -0.2) is 28.7 Å². The van der Waals surface area contributed by atoms with Gasteiger partial charge in [0.05, 0.1) is 19.0 Å². The minimum Gasteiger partial charge on any atom is -0.494 e. The lowest BCUT2D eigenvalue weighted by atomic mass is 10.2. The third kappa shape index (κ3) is 5.86. The minimum atomic E-state index is -0.398. The Kier molecular flexibility index (Phi) is 6.71. The van der Waals surface area contributed by atoms with E-state index in [-0.39, 0.29) is 5.69 Å². The number of aromatic nitrogens is 2. The number of unbranched alkanes of at least 4 members (excludes halogenated alkanes) is 2. The summed E-state index contributed by atoms with van der Waals surface area (Å²) in [5, 5.41) is 3.90. The number of ether oxygens (including phenoxy) is 1. The molecular formula is C17H20N4O2. The van der Waals surface area contributed by atoms with E-state index < -0.39 is 5.91 Å². The van der Waals surface area contributed by atoms with Crippen molar-refractivity contribution >= 4 is 12.1 Å². The Hall–Kier alpha value is -2.76. The van der Waals surface area contributed by atoms with Crippen LogP contribution in [-0.2, 0) is 0 Å². The van der Waals surface area contributed by atoms with Crippen LogP contribution in [0.5, 0.6) is 5.75 Å². The Labute approximate surface area is 135 Å². The van der Waals surface area contributed by atoms with Gasteiger partial charge in [0.15, 0.2) is 0 Å². The van der Waals surface area contributed by atoms with Gasteiger partial charge < -0.3 is 4.74 Å². The Morgan fingerprint density at radius 3 is 2.78 bits per heavy atom. The predicted octanol–water partition coefficient (Wildman–Crippen LogP) is 2.81. The second-order valence-electron chi connectivity index (χ2n) is 4.91. The van der Waals surface area contributed by atoms with E-state index in [0.717, 1.165) is 24.3 Å². The van der Waals surface area contributed by atoms with Gasteiger partial charge in [0, 0.05) is 12.4 Å². The van der Waals surface area contributed by atoms with Gasteiger partial charge in [-0.15, -0.1) is 0 Å². The van der Waals surface area contributed by atoms with E-state index in [2.05, 4.69) is 27.4 Å². The van der Waals surface area contributed by atoms with Crippen molar-refractivity contribution in [1.29, 1.82) is 0 Å². The van der Waals surface area contributed by atoms with Crippen molar-refractivity contribution in [2.45, 2.75) is 26.2 Å². The zero-order chi connectivity index (χ0) is 16.3. The number of hydrogen-bond acceptors (Lipinski definition) is 5. The van der Waals surface area contributed by atoms with E-state index in [1.807, 2.05) is 24.3 Å². The fourth-order valence-electron chi connectivity index (χ4n) is 1.83. The van der Waals surface area contributed by atoms with Crippen molar-refractivity contribution in [2.24, 2.45) is 5.10 Å². The molecule has 0 aliphatic heterocycles. The summed E-state index contributed by atoms with van der Waals surface area (Å²) >= 11 is 0. The number of amides is 1. The smallest absolute Gasteiger partial charge is 0.291 e. The Morgan fingerprint density at radius 1 is 1.26 bits per heavy atom. The average Bonchev–Trinajstić information content (AvgIpc) is 2.60. The predicted molar refractivity (Wildman–Crippen MR) is 88.6 cm³/mol. The standard InChI is InChI=1S/C17H20N4O2/c1-2-3-4-11-23-15-7-5-14(6-8-15)12-20-21-17(22)16-13-18-9-10-19-16/h5-10,12-13H,2-4,11H2,1H3,(H,21,22)/b20-12+. The molecule has 0 saturated heterocycles. The third-order valence-electron chi connectivity index (χ3n) is 3.07. The molecule has 0 unspecified atom stereocenters. The average molecular weight is 312 g/mol. The van der Waals surface area contributed by atoms with Gasteiger partial charge in [-0.25, -0.2) is 10.4 Å². The summed E-state index contributed by atoms with van der Waals surface area (Å²) < 4.78 is 5.63. The summed E-state index contributed by atoms with van der Waals surface area (Å²) in [6.45, 7) is 2.90. The Bertz CT molecular complexity index is 627. The highest BCUT2D eigenvalue weighted by molar-refractivity contribution is 5.92. The summed E-state index contributed by atoms with van der Waals surface area (Å²) in [4.78, 5) is 19.4. The lowest BCUT2D eigenvalue weighted by Gasteiger charge is -2.05. The maximum Gasteiger partial charge on any atom is 0.291 e. The fourth-order valence-corrected chi connectivity index (χ4v) is 1.83. The minimum absolute atomic E-state index is 0.223. The van der Waals surface area contributed by atoms with Crippen LogP contribution in [0.3, 0.4) is 0 Å². The first-order valence-corrected chi connectivity index (χ1v) is 7.62. The van der Waals surface area contributed by atoms with Crippen molar-refractivity contribution < 1.29 is 9.53 Å².